The summed E-state index contributed by atoms with van der Waals surface area (Å²) in [6.45, 7) is 9.22. The summed E-state index contributed by atoms with van der Waals surface area (Å²) in [5.74, 6) is 0. The summed E-state index contributed by atoms with van der Waals surface area (Å²) in [6.07, 6.45) is 8.16. The van der Waals surface area contributed by atoms with Crippen LogP contribution in [0.4, 0.5) is 0 Å². The number of allylic oxidation sites excluding steroid dienone is 2. The van der Waals surface area contributed by atoms with E-state index in [1.807, 2.05) is 24.7 Å². The molecule has 4 rings (SSSR count). The van der Waals surface area contributed by atoms with Gasteiger partial charge in [-0.3, -0.25) is 0 Å². The second kappa shape index (κ2) is 8.78. The summed E-state index contributed by atoms with van der Waals surface area (Å²) in [5.41, 5.74) is 5.24. The first kappa shape index (κ1) is 21.5. The van der Waals surface area contributed by atoms with E-state index in [4.69, 9.17) is 11.6 Å². The van der Waals surface area contributed by atoms with E-state index >= 15 is 0 Å². The minimum atomic E-state index is -3.64. The molecule has 31 heavy (non-hydrogen) atoms. The number of benzene rings is 1. The van der Waals surface area contributed by atoms with Crippen molar-refractivity contribution in [3.63, 3.8) is 0 Å². The van der Waals surface area contributed by atoms with Crippen LogP contribution < -0.4 is 0 Å². The van der Waals surface area contributed by atoms with E-state index in [1.54, 1.807) is 6.08 Å². The van der Waals surface area contributed by atoms with Gasteiger partial charge in [-0.05, 0) is 36.1 Å². The Balaban J connectivity index is 1.62. The molecular weight excluding hydrogens is 432 g/mol. The summed E-state index contributed by atoms with van der Waals surface area (Å²) in [6, 6.07) is 9.01. The lowest BCUT2D eigenvalue weighted by Gasteiger charge is -2.29. The van der Waals surface area contributed by atoms with Gasteiger partial charge in [0.15, 0.2) is 0 Å². The highest BCUT2D eigenvalue weighted by molar-refractivity contribution is 7.89. The first-order valence-corrected chi connectivity index (χ1v) is 11.7. The summed E-state index contributed by atoms with van der Waals surface area (Å²) in [5, 5.41) is 0.265. The van der Waals surface area contributed by atoms with Crippen molar-refractivity contribution in [2.24, 2.45) is 0 Å². The maximum Gasteiger partial charge on any atom is 0.244 e. The summed E-state index contributed by atoms with van der Waals surface area (Å²) >= 11 is 5.81. The average Bonchev–Trinajstić information content (AvgIpc) is 3.25. The monoisotopic (exact) mass is 454 g/mol. The van der Waals surface area contributed by atoms with Crippen molar-refractivity contribution in [1.29, 1.82) is 0 Å². The SMILES string of the molecule is C=CC(=C)CCn1cncc1-c1cccc2c1CCN(S(=O)(=O)c1ccc(Cl)nc1)C2. The lowest BCUT2D eigenvalue weighted by Crippen LogP contribution is -2.36. The van der Waals surface area contributed by atoms with Gasteiger partial charge in [0.2, 0.25) is 10.0 Å². The van der Waals surface area contributed by atoms with Gasteiger partial charge < -0.3 is 4.57 Å². The second-order valence-corrected chi connectivity index (χ2v) is 9.76. The Morgan fingerprint density at radius 3 is 2.81 bits per heavy atom. The average molecular weight is 455 g/mol. The fourth-order valence-electron chi connectivity index (χ4n) is 3.78. The Bertz CT molecular complexity index is 1230. The molecule has 6 nitrogen and oxygen atoms in total. The van der Waals surface area contributed by atoms with Crippen LogP contribution in [0.15, 0.2) is 78.8 Å². The molecule has 3 heterocycles. The molecule has 1 aliphatic heterocycles. The van der Waals surface area contributed by atoms with Crippen LogP contribution in [0.1, 0.15) is 17.5 Å². The molecule has 0 unspecified atom stereocenters. The highest BCUT2D eigenvalue weighted by Gasteiger charge is 2.30. The molecular formula is C23H23ClN4O2S. The van der Waals surface area contributed by atoms with E-state index in [-0.39, 0.29) is 10.0 Å². The number of fused-ring (bicyclic) bond motifs is 1. The van der Waals surface area contributed by atoms with E-state index in [9.17, 15) is 8.42 Å². The van der Waals surface area contributed by atoms with Crippen LogP contribution in [0.5, 0.6) is 0 Å². The van der Waals surface area contributed by atoms with Gasteiger partial charge in [0, 0.05) is 31.4 Å². The zero-order valence-electron chi connectivity index (χ0n) is 17.0. The molecule has 3 aromatic rings. The number of nitrogens with zero attached hydrogens (tertiary/aromatic N) is 4. The van der Waals surface area contributed by atoms with Crippen molar-refractivity contribution in [2.75, 3.05) is 6.54 Å². The molecule has 2 aromatic heterocycles. The second-order valence-electron chi connectivity index (χ2n) is 7.43. The Hall–Kier alpha value is -2.74. The van der Waals surface area contributed by atoms with Crippen LogP contribution in [0.3, 0.4) is 0 Å². The molecule has 0 saturated heterocycles. The van der Waals surface area contributed by atoms with Gasteiger partial charge in [-0.15, -0.1) is 0 Å². The van der Waals surface area contributed by atoms with Crippen molar-refractivity contribution in [2.45, 2.75) is 30.8 Å². The number of hydrogen-bond donors (Lipinski definition) is 0. The molecule has 0 aliphatic carbocycles. The lowest BCUT2D eigenvalue weighted by molar-refractivity contribution is 0.391. The molecule has 0 amide bonds. The van der Waals surface area contributed by atoms with Gasteiger partial charge in [-0.2, -0.15) is 4.31 Å². The van der Waals surface area contributed by atoms with Gasteiger partial charge in [0.1, 0.15) is 10.0 Å². The van der Waals surface area contributed by atoms with Crippen LogP contribution in [0.2, 0.25) is 5.15 Å². The summed E-state index contributed by atoms with van der Waals surface area (Å²) in [4.78, 5) is 8.40. The third-order valence-electron chi connectivity index (χ3n) is 5.52. The molecule has 8 heteroatoms. The topological polar surface area (TPSA) is 68.1 Å². The first-order valence-electron chi connectivity index (χ1n) is 9.93. The van der Waals surface area contributed by atoms with Crippen LogP contribution in [0, 0.1) is 0 Å². The van der Waals surface area contributed by atoms with E-state index in [0.717, 1.165) is 40.9 Å². The first-order chi connectivity index (χ1) is 14.9. The lowest BCUT2D eigenvalue weighted by atomic mass is 9.94. The molecule has 0 saturated carbocycles. The molecule has 1 aromatic carbocycles. The number of sulfonamides is 1. The van der Waals surface area contributed by atoms with Gasteiger partial charge in [-0.1, -0.05) is 54.6 Å². The van der Waals surface area contributed by atoms with Gasteiger partial charge >= 0.3 is 0 Å². The standard InChI is InChI=1S/C23H23ClN4O2S/c1-3-17(2)9-11-27-16-25-14-22(27)21-6-4-5-18-15-28(12-10-20(18)21)31(29,30)19-7-8-23(24)26-13-19/h3-8,13-14,16H,1-2,9-12,15H2. The maximum atomic E-state index is 13.1. The van der Waals surface area contributed by atoms with E-state index < -0.39 is 10.0 Å². The Kier molecular flexibility index (Phi) is 6.09. The number of hydrogen-bond acceptors (Lipinski definition) is 4. The van der Waals surface area contributed by atoms with Crippen molar-refractivity contribution >= 4 is 21.6 Å². The van der Waals surface area contributed by atoms with Gasteiger partial charge in [0.25, 0.3) is 0 Å². The number of rotatable bonds is 7. The molecule has 0 spiro atoms. The number of halogens is 1. The van der Waals surface area contributed by atoms with Gasteiger partial charge in [0.05, 0.1) is 18.2 Å². The number of aryl methyl sites for hydroxylation is 1. The Morgan fingerprint density at radius 1 is 1.23 bits per heavy atom. The molecule has 160 valence electrons. The van der Waals surface area contributed by atoms with Crippen LogP contribution in [-0.2, 0) is 29.5 Å². The quantitative estimate of drug-likeness (QED) is 0.390. The molecule has 0 atom stereocenters. The maximum absolute atomic E-state index is 13.1. The number of pyridine rings is 1. The highest BCUT2D eigenvalue weighted by Crippen LogP contribution is 2.32. The predicted molar refractivity (Wildman–Crippen MR) is 122 cm³/mol. The van der Waals surface area contributed by atoms with Crippen molar-refractivity contribution in [3.8, 4) is 11.3 Å². The van der Waals surface area contributed by atoms with Crippen LogP contribution in [-0.4, -0.2) is 33.8 Å². The Labute approximate surface area is 187 Å². The smallest absolute Gasteiger partial charge is 0.244 e. The molecule has 1 aliphatic rings. The number of imidazole rings is 1. The fourth-order valence-corrected chi connectivity index (χ4v) is 5.26. The highest BCUT2D eigenvalue weighted by atomic mass is 35.5. The summed E-state index contributed by atoms with van der Waals surface area (Å²) < 4.78 is 29.7. The zero-order valence-corrected chi connectivity index (χ0v) is 18.6. The van der Waals surface area contributed by atoms with Crippen molar-refractivity contribution in [3.05, 3.63) is 90.1 Å². The molecule has 0 radical (unpaired) electrons. The minimum absolute atomic E-state index is 0.150. The van der Waals surface area contributed by atoms with Gasteiger partial charge in [-0.25, -0.2) is 18.4 Å². The Morgan fingerprint density at radius 2 is 2.06 bits per heavy atom. The minimum Gasteiger partial charge on any atom is -0.330 e. The molecule has 0 fully saturated rings. The fraction of sp³-hybridized carbons (Fsp3) is 0.217. The van der Waals surface area contributed by atoms with E-state index in [1.165, 1.54) is 22.6 Å². The third kappa shape index (κ3) is 4.35. The predicted octanol–water partition coefficient (Wildman–Crippen LogP) is 4.48. The third-order valence-corrected chi connectivity index (χ3v) is 7.57. The number of aromatic nitrogens is 3. The largest absolute Gasteiger partial charge is 0.330 e. The van der Waals surface area contributed by atoms with E-state index in [0.29, 0.717) is 19.5 Å². The van der Waals surface area contributed by atoms with Crippen molar-refractivity contribution < 1.29 is 8.42 Å². The van der Waals surface area contributed by atoms with Crippen LogP contribution in [0.25, 0.3) is 11.3 Å². The molecule has 0 bridgehead atoms. The van der Waals surface area contributed by atoms with Crippen molar-refractivity contribution in [1.82, 2.24) is 18.8 Å². The van der Waals surface area contributed by atoms with Crippen LogP contribution >= 0.6 is 11.6 Å². The normalized spacial score (nSPS) is 14.2. The van der Waals surface area contributed by atoms with E-state index in [2.05, 4.69) is 33.8 Å². The molecule has 0 N–H and O–H groups in total. The summed E-state index contributed by atoms with van der Waals surface area (Å²) in [7, 11) is -3.64. The zero-order chi connectivity index (χ0) is 22.0.